The van der Waals surface area contributed by atoms with Gasteiger partial charge in [0.15, 0.2) is 6.10 Å². The number of carboxylic acids is 1. The van der Waals surface area contributed by atoms with Crippen LogP contribution in [0.15, 0.2) is 24.3 Å². The molecule has 0 saturated heterocycles. The van der Waals surface area contributed by atoms with E-state index in [2.05, 4.69) is 0 Å². The van der Waals surface area contributed by atoms with Gasteiger partial charge in [0.2, 0.25) is 0 Å². The summed E-state index contributed by atoms with van der Waals surface area (Å²) in [6, 6.07) is 5.93. The molecular weight excluding hydrogens is 234 g/mol. The van der Waals surface area contributed by atoms with Crippen molar-refractivity contribution in [2.45, 2.75) is 32.4 Å². The highest BCUT2D eigenvalue weighted by Crippen LogP contribution is 2.35. The van der Waals surface area contributed by atoms with Gasteiger partial charge in [-0.1, -0.05) is 19.1 Å². The number of hydrogen-bond donors (Lipinski definition) is 0. The number of ether oxygens (including phenoxy) is 1. The first-order chi connectivity index (χ1) is 8.56. The number of para-hydroxylation sites is 2. The lowest BCUT2D eigenvalue weighted by Gasteiger charge is -2.38. The summed E-state index contributed by atoms with van der Waals surface area (Å²) in [5, 5.41) is 11.1. The minimum atomic E-state index is -1.25. The highest BCUT2D eigenvalue weighted by atomic mass is 16.5. The van der Waals surface area contributed by atoms with Crippen molar-refractivity contribution < 1.29 is 19.4 Å². The molecule has 0 radical (unpaired) electrons. The minimum absolute atomic E-state index is 0.287. The zero-order valence-electron chi connectivity index (χ0n) is 10.3. The molecule has 1 aliphatic heterocycles. The number of carbonyl (C=O) groups is 2. The highest BCUT2D eigenvalue weighted by Gasteiger charge is 2.35. The normalized spacial score (nSPS) is 20.0. The van der Waals surface area contributed by atoms with Crippen molar-refractivity contribution in [1.29, 1.82) is 0 Å². The summed E-state index contributed by atoms with van der Waals surface area (Å²) in [5.41, 5.74) is 0.483. The van der Waals surface area contributed by atoms with Crippen LogP contribution < -0.4 is 14.7 Å². The summed E-state index contributed by atoms with van der Waals surface area (Å²) in [7, 11) is 0. The topological polar surface area (TPSA) is 69.7 Å². The second-order valence-electron chi connectivity index (χ2n) is 4.18. The molecular formula is C13H14NO4-. The van der Waals surface area contributed by atoms with Gasteiger partial charge in [-0.2, -0.15) is 0 Å². The Kier molecular flexibility index (Phi) is 3.23. The van der Waals surface area contributed by atoms with Crippen molar-refractivity contribution in [3.8, 4) is 5.75 Å². The zero-order chi connectivity index (χ0) is 13.3. The summed E-state index contributed by atoms with van der Waals surface area (Å²) >= 11 is 0. The number of amides is 1. The Labute approximate surface area is 105 Å². The maximum atomic E-state index is 12.1. The number of hydrogen-bond acceptors (Lipinski definition) is 4. The predicted molar refractivity (Wildman–Crippen MR) is 63.1 cm³/mol. The fraction of sp³-hybridized carbons (Fsp3) is 0.385. The standard InChI is InChI=1S/C13H15NO4/c1-3-9(13(16)17)14-10-6-4-5-7-11(10)18-8(2)12(14)15/h4-9H,3H2,1-2H3,(H,16,17)/p-1. The van der Waals surface area contributed by atoms with E-state index in [-0.39, 0.29) is 12.3 Å². The number of carbonyl (C=O) groups excluding carboxylic acids is 2. The molecule has 2 rings (SSSR count). The van der Waals surface area contributed by atoms with Gasteiger partial charge < -0.3 is 14.6 Å². The van der Waals surface area contributed by atoms with E-state index in [1.807, 2.05) is 0 Å². The molecule has 2 unspecified atom stereocenters. The van der Waals surface area contributed by atoms with Crippen LogP contribution in [-0.2, 0) is 9.59 Å². The molecule has 0 fully saturated rings. The molecule has 1 aromatic carbocycles. The molecule has 0 aromatic heterocycles. The summed E-state index contributed by atoms with van der Waals surface area (Å²) in [6.45, 7) is 3.31. The lowest BCUT2D eigenvalue weighted by molar-refractivity contribution is -0.307. The first-order valence-electron chi connectivity index (χ1n) is 5.86. The average Bonchev–Trinajstić information content (AvgIpc) is 2.34. The van der Waals surface area contributed by atoms with E-state index >= 15 is 0 Å². The molecule has 0 saturated carbocycles. The van der Waals surface area contributed by atoms with E-state index in [0.29, 0.717) is 11.4 Å². The molecule has 0 spiro atoms. The lowest BCUT2D eigenvalue weighted by atomic mass is 10.1. The van der Waals surface area contributed by atoms with Gasteiger partial charge in [-0.3, -0.25) is 9.69 Å². The molecule has 1 heterocycles. The predicted octanol–water partition coefficient (Wildman–Crippen LogP) is 0.329. The Balaban J connectivity index is 2.50. The van der Waals surface area contributed by atoms with Gasteiger partial charge in [-0.25, -0.2) is 0 Å². The van der Waals surface area contributed by atoms with Crippen LogP contribution >= 0.6 is 0 Å². The van der Waals surface area contributed by atoms with Gasteiger partial charge in [0.25, 0.3) is 5.91 Å². The maximum absolute atomic E-state index is 12.1. The van der Waals surface area contributed by atoms with Crippen LogP contribution in [0.5, 0.6) is 5.75 Å². The molecule has 5 heteroatoms. The van der Waals surface area contributed by atoms with E-state index in [4.69, 9.17) is 4.74 Å². The number of aliphatic carboxylic acids is 1. The molecule has 96 valence electrons. The maximum Gasteiger partial charge on any atom is 0.268 e. The van der Waals surface area contributed by atoms with Gasteiger partial charge in [0, 0.05) is 0 Å². The van der Waals surface area contributed by atoms with Gasteiger partial charge in [0.05, 0.1) is 17.7 Å². The van der Waals surface area contributed by atoms with E-state index in [9.17, 15) is 14.7 Å². The van der Waals surface area contributed by atoms with Crippen LogP contribution in [0, 0.1) is 0 Å². The van der Waals surface area contributed by atoms with Crippen molar-refractivity contribution in [2.75, 3.05) is 4.90 Å². The second kappa shape index (κ2) is 4.68. The van der Waals surface area contributed by atoms with Crippen LogP contribution in [0.1, 0.15) is 20.3 Å². The number of carboxylic acid groups (broad SMARTS) is 1. The van der Waals surface area contributed by atoms with Gasteiger partial charge in [-0.15, -0.1) is 0 Å². The number of fused-ring (bicyclic) bond motifs is 1. The number of benzene rings is 1. The molecule has 0 bridgehead atoms. The summed E-state index contributed by atoms with van der Waals surface area (Å²) in [5.74, 6) is -1.09. The smallest absolute Gasteiger partial charge is 0.268 e. The van der Waals surface area contributed by atoms with E-state index < -0.39 is 18.1 Å². The average molecular weight is 248 g/mol. The Morgan fingerprint density at radius 2 is 2.17 bits per heavy atom. The van der Waals surface area contributed by atoms with Crippen LogP contribution in [0.3, 0.4) is 0 Å². The van der Waals surface area contributed by atoms with Gasteiger partial charge in [0.1, 0.15) is 5.75 Å². The second-order valence-corrected chi connectivity index (χ2v) is 4.18. The monoisotopic (exact) mass is 248 g/mol. The third-order valence-corrected chi connectivity index (χ3v) is 2.98. The molecule has 0 aliphatic carbocycles. The largest absolute Gasteiger partial charge is 0.548 e. The quantitative estimate of drug-likeness (QED) is 0.773. The van der Waals surface area contributed by atoms with Crippen molar-refractivity contribution in [3.05, 3.63) is 24.3 Å². The zero-order valence-corrected chi connectivity index (χ0v) is 10.3. The number of anilines is 1. The van der Waals surface area contributed by atoms with E-state index in [1.54, 1.807) is 38.1 Å². The molecule has 1 aromatic rings. The molecule has 1 aliphatic rings. The van der Waals surface area contributed by atoms with Gasteiger partial charge in [-0.05, 0) is 25.5 Å². The van der Waals surface area contributed by atoms with Crippen molar-refractivity contribution in [1.82, 2.24) is 0 Å². The third kappa shape index (κ3) is 1.92. The lowest BCUT2D eigenvalue weighted by Crippen LogP contribution is -2.55. The SMILES string of the molecule is CCC(C(=O)[O-])N1C(=O)C(C)Oc2ccccc21. The first-order valence-corrected chi connectivity index (χ1v) is 5.86. The summed E-state index contributed by atoms with van der Waals surface area (Å²) in [4.78, 5) is 24.5. The first kappa shape index (κ1) is 12.4. The van der Waals surface area contributed by atoms with E-state index in [1.165, 1.54) is 4.90 Å². The summed E-state index contributed by atoms with van der Waals surface area (Å²) < 4.78 is 5.44. The Morgan fingerprint density at radius 1 is 1.50 bits per heavy atom. The van der Waals surface area contributed by atoms with Crippen LogP contribution in [-0.4, -0.2) is 24.0 Å². The fourth-order valence-electron chi connectivity index (χ4n) is 2.09. The van der Waals surface area contributed by atoms with Gasteiger partial charge >= 0.3 is 0 Å². The summed E-state index contributed by atoms with van der Waals surface area (Å²) in [6.07, 6.45) is -0.400. The molecule has 1 amide bonds. The highest BCUT2D eigenvalue weighted by molar-refractivity contribution is 6.03. The Bertz CT molecular complexity index is 486. The fourth-order valence-corrected chi connectivity index (χ4v) is 2.09. The number of rotatable bonds is 3. The third-order valence-electron chi connectivity index (χ3n) is 2.98. The number of nitrogens with zero attached hydrogens (tertiary/aromatic N) is 1. The molecule has 18 heavy (non-hydrogen) atoms. The van der Waals surface area contributed by atoms with Crippen LogP contribution in [0.2, 0.25) is 0 Å². The van der Waals surface area contributed by atoms with Crippen molar-refractivity contribution >= 4 is 17.6 Å². The Hall–Kier alpha value is -2.04. The van der Waals surface area contributed by atoms with Crippen molar-refractivity contribution in [2.24, 2.45) is 0 Å². The Morgan fingerprint density at radius 3 is 2.78 bits per heavy atom. The van der Waals surface area contributed by atoms with Crippen LogP contribution in [0.25, 0.3) is 0 Å². The molecule has 5 nitrogen and oxygen atoms in total. The molecule has 0 N–H and O–H groups in total. The van der Waals surface area contributed by atoms with E-state index in [0.717, 1.165) is 0 Å². The van der Waals surface area contributed by atoms with Crippen LogP contribution in [0.4, 0.5) is 5.69 Å². The van der Waals surface area contributed by atoms with Crippen molar-refractivity contribution in [3.63, 3.8) is 0 Å². The molecule has 2 atom stereocenters. The minimum Gasteiger partial charge on any atom is -0.548 e.